The molecule has 65 heavy (non-hydrogen) atoms. The molecule has 0 fully saturated rings. The van der Waals surface area contributed by atoms with Crippen LogP contribution in [0, 0.1) is 0 Å². The maximum Gasteiger partial charge on any atom is 0.131 e. The van der Waals surface area contributed by atoms with E-state index in [0.29, 0.717) is 12.3 Å². The van der Waals surface area contributed by atoms with Gasteiger partial charge in [0, 0.05) is 11.1 Å². The van der Waals surface area contributed by atoms with Crippen LogP contribution in [0.4, 0.5) is 0 Å². The van der Waals surface area contributed by atoms with Crippen molar-refractivity contribution in [3.05, 3.63) is 294 Å². The quantitative estimate of drug-likeness (QED) is 0.108. The first-order chi connectivity index (χ1) is 32.2. The molecule has 0 amide bonds. The lowest BCUT2D eigenvalue weighted by molar-refractivity contribution is 0.770. The summed E-state index contributed by atoms with van der Waals surface area (Å²) in [6.45, 7) is 0. The predicted octanol–water partition coefficient (Wildman–Crippen LogP) is 15.2. The van der Waals surface area contributed by atoms with Crippen LogP contribution >= 0.6 is 0 Å². The fourth-order valence-electron chi connectivity index (χ4n) is 10.2. The van der Waals surface area contributed by atoms with E-state index in [4.69, 9.17) is 10.7 Å². The molecule has 2 nitrogen and oxygen atoms in total. The van der Waals surface area contributed by atoms with E-state index < -0.39 is 5.41 Å². The summed E-state index contributed by atoms with van der Waals surface area (Å²) < 4.78 is 0. The SMILES string of the molecule is NC(=N/C(=C\Cc1ccc(-c2ccccc2)c(-c2ccccc2)c1)c1ccc(-c2cccc3c2C(c2ccccc2)(c2ccccc2)c2ccccc2-3)c2ccccc12)c1ccccc1. The first-order valence-corrected chi connectivity index (χ1v) is 22.4. The fraction of sp³-hybridized carbons (Fsp3) is 0.0317. The Hall–Kier alpha value is -8.33. The van der Waals surface area contributed by atoms with Gasteiger partial charge in [0.2, 0.25) is 0 Å². The highest BCUT2D eigenvalue weighted by molar-refractivity contribution is 6.07. The second-order valence-corrected chi connectivity index (χ2v) is 16.7. The van der Waals surface area contributed by atoms with Crippen LogP contribution < -0.4 is 5.73 Å². The number of amidine groups is 1. The first-order valence-electron chi connectivity index (χ1n) is 22.4. The van der Waals surface area contributed by atoms with Crippen molar-refractivity contribution < 1.29 is 0 Å². The number of allylic oxidation sites excluding steroid dienone is 1. The summed E-state index contributed by atoms with van der Waals surface area (Å²) in [7, 11) is 0. The summed E-state index contributed by atoms with van der Waals surface area (Å²) in [5, 5.41) is 2.27. The average Bonchev–Trinajstić information content (AvgIpc) is 3.70. The molecule has 0 heterocycles. The van der Waals surface area contributed by atoms with Crippen molar-refractivity contribution in [2.45, 2.75) is 11.8 Å². The van der Waals surface area contributed by atoms with Crippen molar-refractivity contribution in [1.29, 1.82) is 0 Å². The van der Waals surface area contributed by atoms with Crippen molar-refractivity contribution >= 4 is 22.3 Å². The number of fused-ring (bicyclic) bond motifs is 4. The molecule has 2 N–H and O–H groups in total. The molecule has 0 saturated carbocycles. The number of hydrogen-bond donors (Lipinski definition) is 1. The molecule has 0 radical (unpaired) electrons. The largest absolute Gasteiger partial charge is 0.383 e. The van der Waals surface area contributed by atoms with Gasteiger partial charge in [0.25, 0.3) is 0 Å². The Kier molecular flexibility index (Phi) is 10.4. The molecule has 308 valence electrons. The third-order valence-corrected chi connectivity index (χ3v) is 13.1. The van der Waals surface area contributed by atoms with E-state index in [1.807, 2.05) is 30.3 Å². The van der Waals surface area contributed by atoms with E-state index >= 15 is 0 Å². The van der Waals surface area contributed by atoms with Gasteiger partial charge in [-0.15, -0.1) is 0 Å². The zero-order valence-corrected chi connectivity index (χ0v) is 36.0. The minimum absolute atomic E-state index is 0.476. The van der Waals surface area contributed by atoms with Crippen LogP contribution in [0.1, 0.15) is 38.9 Å². The van der Waals surface area contributed by atoms with E-state index in [2.05, 4.69) is 224 Å². The molecule has 1 aliphatic carbocycles. The second-order valence-electron chi connectivity index (χ2n) is 16.7. The predicted molar refractivity (Wildman–Crippen MR) is 273 cm³/mol. The fourth-order valence-corrected chi connectivity index (χ4v) is 10.2. The van der Waals surface area contributed by atoms with E-state index in [1.54, 1.807) is 0 Å². The van der Waals surface area contributed by atoms with Crippen molar-refractivity contribution in [2.24, 2.45) is 10.7 Å². The Labute approximate surface area is 381 Å². The highest BCUT2D eigenvalue weighted by atomic mass is 14.9. The maximum absolute atomic E-state index is 6.90. The first kappa shape index (κ1) is 39.5. The van der Waals surface area contributed by atoms with Crippen molar-refractivity contribution in [3.63, 3.8) is 0 Å². The van der Waals surface area contributed by atoms with E-state index in [1.165, 1.54) is 72.3 Å². The van der Waals surface area contributed by atoms with Crippen LogP contribution in [-0.2, 0) is 11.8 Å². The minimum atomic E-state index is -0.543. The molecular formula is C63H46N2. The number of nitrogens with two attached hydrogens (primary N) is 1. The molecule has 0 spiro atoms. The number of aliphatic imine (C=N–C) groups is 1. The molecule has 0 atom stereocenters. The third kappa shape index (κ3) is 7.06. The summed E-state index contributed by atoms with van der Waals surface area (Å²) in [4.78, 5) is 5.27. The lowest BCUT2D eigenvalue weighted by atomic mass is 9.66. The zero-order valence-electron chi connectivity index (χ0n) is 36.0. The summed E-state index contributed by atoms with van der Waals surface area (Å²) in [5.41, 5.74) is 25.1. The highest BCUT2D eigenvalue weighted by Crippen LogP contribution is 2.59. The molecule has 0 saturated heterocycles. The van der Waals surface area contributed by atoms with Gasteiger partial charge in [-0.1, -0.05) is 255 Å². The number of hydrogen-bond acceptors (Lipinski definition) is 1. The molecule has 11 rings (SSSR count). The van der Waals surface area contributed by atoms with Crippen molar-refractivity contribution in [2.75, 3.05) is 0 Å². The molecular weight excluding hydrogens is 785 g/mol. The Balaban J connectivity index is 1.10. The van der Waals surface area contributed by atoms with E-state index in [-0.39, 0.29) is 0 Å². The van der Waals surface area contributed by atoms with Crippen LogP contribution in [0.2, 0.25) is 0 Å². The van der Waals surface area contributed by atoms with Gasteiger partial charge < -0.3 is 5.73 Å². The van der Waals surface area contributed by atoms with Gasteiger partial charge in [0.1, 0.15) is 5.84 Å². The second kappa shape index (κ2) is 17.1. The van der Waals surface area contributed by atoms with E-state index in [0.717, 1.165) is 27.6 Å². The van der Waals surface area contributed by atoms with Crippen LogP contribution in [-0.4, -0.2) is 5.84 Å². The lowest BCUT2D eigenvalue weighted by Crippen LogP contribution is -2.29. The van der Waals surface area contributed by atoms with Crippen LogP contribution in [0.3, 0.4) is 0 Å². The Morgan fingerprint density at radius 1 is 0.415 bits per heavy atom. The minimum Gasteiger partial charge on any atom is -0.383 e. The monoisotopic (exact) mass is 830 g/mol. The maximum atomic E-state index is 6.90. The summed E-state index contributed by atoms with van der Waals surface area (Å²) in [6.07, 6.45) is 2.91. The standard InChI is InChI=1S/C63H46N2/c64-62(47-25-10-3-11-26-47)65-60(42-38-44-37-39-50(45-21-6-1-7-22-45)58(43-44)46-23-8-2-9-24-46)55-41-40-53(51-31-16-17-32-52(51)55)56-34-20-35-57-54-33-18-19-36-59(54)63(61(56)57,48-27-12-4-13-28-48)49-29-14-5-15-30-49/h1-37,39-43H,38H2,(H2,64,65)/b60-42-. The molecule has 10 aromatic carbocycles. The molecule has 0 bridgehead atoms. The number of nitrogens with zero attached hydrogens (tertiary/aromatic N) is 1. The Bertz CT molecular complexity index is 3330. The number of rotatable bonds is 10. The molecule has 1 aliphatic rings. The van der Waals surface area contributed by atoms with Gasteiger partial charge in [-0.3, -0.25) is 0 Å². The van der Waals surface area contributed by atoms with Gasteiger partial charge in [0.15, 0.2) is 0 Å². The summed E-state index contributed by atoms with van der Waals surface area (Å²) in [6, 6.07) is 89.4. The van der Waals surface area contributed by atoms with Crippen LogP contribution in [0.25, 0.3) is 61.0 Å². The molecule has 0 aliphatic heterocycles. The smallest absolute Gasteiger partial charge is 0.131 e. The van der Waals surface area contributed by atoms with Gasteiger partial charge in [0.05, 0.1) is 11.1 Å². The van der Waals surface area contributed by atoms with Crippen molar-refractivity contribution in [1.82, 2.24) is 0 Å². The van der Waals surface area contributed by atoms with Gasteiger partial charge >= 0.3 is 0 Å². The van der Waals surface area contributed by atoms with Crippen LogP contribution in [0.5, 0.6) is 0 Å². The topological polar surface area (TPSA) is 38.4 Å². The number of benzene rings is 10. The van der Waals surface area contributed by atoms with Gasteiger partial charge in [-0.25, -0.2) is 4.99 Å². The molecule has 2 heteroatoms. The van der Waals surface area contributed by atoms with E-state index in [9.17, 15) is 0 Å². The molecule has 0 aromatic heterocycles. The summed E-state index contributed by atoms with van der Waals surface area (Å²) in [5.74, 6) is 0.476. The van der Waals surface area contributed by atoms with Crippen molar-refractivity contribution in [3.8, 4) is 44.5 Å². The molecule has 10 aromatic rings. The van der Waals surface area contributed by atoms with Gasteiger partial charge in [-0.05, 0) is 89.5 Å². The molecule has 0 unspecified atom stereocenters. The Morgan fingerprint density at radius 2 is 0.923 bits per heavy atom. The van der Waals surface area contributed by atoms with Crippen LogP contribution in [0.15, 0.2) is 260 Å². The Morgan fingerprint density at radius 3 is 1.58 bits per heavy atom. The highest BCUT2D eigenvalue weighted by Gasteiger charge is 2.47. The average molecular weight is 831 g/mol. The summed E-state index contributed by atoms with van der Waals surface area (Å²) >= 11 is 0. The normalized spacial score (nSPS) is 13.0. The third-order valence-electron chi connectivity index (χ3n) is 13.1. The lowest BCUT2D eigenvalue weighted by Gasteiger charge is -2.35. The zero-order chi connectivity index (χ0) is 43.6. The van der Waals surface area contributed by atoms with Gasteiger partial charge in [-0.2, -0.15) is 0 Å².